The molecule has 0 atom stereocenters. The van der Waals surface area contributed by atoms with E-state index in [1.54, 1.807) is 18.3 Å². The molecule has 0 bridgehead atoms. The van der Waals surface area contributed by atoms with Crippen molar-refractivity contribution in [3.05, 3.63) is 94.5 Å². The third-order valence-electron chi connectivity index (χ3n) is 3.96. The molecule has 1 heterocycles. The fourth-order valence-corrected chi connectivity index (χ4v) is 2.62. The summed E-state index contributed by atoms with van der Waals surface area (Å²) >= 11 is 6.17. The fourth-order valence-electron chi connectivity index (χ4n) is 2.44. The monoisotopic (exact) mass is 396 g/mol. The smallest absolute Gasteiger partial charge is 0.258 e. The normalized spacial score (nSPS) is 11.2. The van der Waals surface area contributed by atoms with Gasteiger partial charge >= 0.3 is 0 Å². The summed E-state index contributed by atoms with van der Waals surface area (Å²) in [4.78, 5) is 21.2. The highest BCUT2D eigenvalue weighted by Crippen LogP contribution is 2.22. The van der Waals surface area contributed by atoms with Gasteiger partial charge in [-0.2, -0.15) is 0 Å². The van der Waals surface area contributed by atoms with Crippen molar-refractivity contribution in [3.63, 3.8) is 0 Å². The highest BCUT2D eigenvalue weighted by Gasteiger charge is 2.12. The van der Waals surface area contributed by atoms with E-state index < -0.39 is 11.7 Å². The van der Waals surface area contributed by atoms with Crippen molar-refractivity contribution in [2.45, 2.75) is 13.5 Å². The molecule has 3 aromatic rings. The summed E-state index contributed by atoms with van der Waals surface area (Å²) in [5.41, 5.74) is 2.45. The van der Waals surface area contributed by atoms with Crippen molar-refractivity contribution < 1.29 is 9.18 Å². The number of halogens is 2. The first-order valence-corrected chi connectivity index (χ1v) is 8.94. The molecule has 0 aliphatic rings. The van der Waals surface area contributed by atoms with Gasteiger partial charge in [0.2, 0.25) is 5.96 Å². The topological polar surface area (TPSA) is 66.4 Å². The Labute approximate surface area is 167 Å². The fraction of sp³-hybridized carbons (Fsp3) is 0.0952. The molecule has 2 aromatic carbocycles. The average Bonchev–Trinajstić information content (AvgIpc) is 2.70. The number of nitrogens with zero attached hydrogens (tertiary/aromatic N) is 2. The Kier molecular flexibility index (Phi) is 6.34. The van der Waals surface area contributed by atoms with Crippen LogP contribution in [0.15, 0.2) is 71.9 Å². The minimum atomic E-state index is -0.488. The first-order valence-electron chi connectivity index (χ1n) is 8.56. The molecule has 0 aliphatic heterocycles. The van der Waals surface area contributed by atoms with Crippen LogP contribution < -0.4 is 10.6 Å². The number of anilines is 1. The Morgan fingerprint density at radius 3 is 2.71 bits per heavy atom. The first kappa shape index (κ1) is 19.5. The Balaban J connectivity index is 1.85. The van der Waals surface area contributed by atoms with Gasteiger partial charge in [0.05, 0.1) is 12.2 Å². The Morgan fingerprint density at radius 1 is 1.14 bits per heavy atom. The van der Waals surface area contributed by atoms with Crippen LogP contribution in [-0.2, 0) is 6.54 Å². The zero-order chi connectivity index (χ0) is 19.9. The highest BCUT2D eigenvalue weighted by atomic mass is 35.5. The lowest BCUT2D eigenvalue weighted by atomic mass is 10.2. The van der Waals surface area contributed by atoms with E-state index in [1.807, 2.05) is 31.2 Å². The van der Waals surface area contributed by atoms with Crippen LogP contribution >= 0.6 is 11.6 Å². The molecule has 142 valence electrons. The summed E-state index contributed by atoms with van der Waals surface area (Å²) in [5, 5.41) is 6.36. The molecule has 7 heteroatoms. The lowest BCUT2D eigenvalue weighted by Crippen LogP contribution is -2.36. The highest BCUT2D eigenvalue weighted by molar-refractivity contribution is 6.31. The van der Waals surface area contributed by atoms with Crippen molar-refractivity contribution in [2.75, 3.05) is 5.32 Å². The third kappa shape index (κ3) is 5.14. The van der Waals surface area contributed by atoms with Gasteiger partial charge in [0.1, 0.15) is 5.82 Å². The van der Waals surface area contributed by atoms with Gasteiger partial charge < -0.3 is 5.32 Å². The van der Waals surface area contributed by atoms with E-state index in [0.717, 1.165) is 17.3 Å². The lowest BCUT2D eigenvalue weighted by molar-refractivity contribution is 0.0976. The van der Waals surface area contributed by atoms with E-state index in [1.165, 1.54) is 18.2 Å². The van der Waals surface area contributed by atoms with E-state index >= 15 is 0 Å². The van der Waals surface area contributed by atoms with Crippen molar-refractivity contribution in [3.8, 4) is 0 Å². The van der Waals surface area contributed by atoms with Gasteiger partial charge in [-0.05, 0) is 55.0 Å². The summed E-state index contributed by atoms with van der Waals surface area (Å²) < 4.78 is 13.4. The predicted octanol–water partition coefficient (Wildman–Crippen LogP) is 4.58. The first-order chi connectivity index (χ1) is 13.5. The molecule has 28 heavy (non-hydrogen) atoms. The minimum Gasteiger partial charge on any atom is -0.326 e. The van der Waals surface area contributed by atoms with Crippen LogP contribution in [0.1, 0.15) is 21.6 Å². The van der Waals surface area contributed by atoms with Gasteiger partial charge in [0.25, 0.3) is 5.91 Å². The van der Waals surface area contributed by atoms with Gasteiger partial charge in [0, 0.05) is 22.5 Å². The van der Waals surface area contributed by atoms with E-state index in [4.69, 9.17) is 11.6 Å². The quantitative estimate of drug-likeness (QED) is 0.501. The van der Waals surface area contributed by atoms with Crippen LogP contribution in [0.2, 0.25) is 5.02 Å². The Hall–Kier alpha value is -3.25. The molecule has 0 saturated heterocycles. The molecule has 0 aliphatic carbocycles. The van der Waals surface area contributed by atoms with Crippen molar-refractivity contribution in [1.29, 1.82) is 0 Å². The summed E-state index contributed by atoms with van der Waals surface area (Å²) in [7, 11) is 0. The van der Waals surface area contributed by atoms with Crippen molar-refractivity contribution >= 4 is 29.2 Å². The number of carbonyl (C=O) groups excluding carboxylic acids is 1. The number of amides is 1. The Bertz CT molecular complexity index is 1010. The second kappa shape index (κ2) is 9.10. The average molecular weight is 397 g/mol. The van der Waals surface area contributed by atoms with E-state index in [0.29, 0.717) is 10.7 Å². The SMILES string of the molecule is Cc1c(Cl)cccc1NC(=NCc1ccccn1)NC(=O)c1cccc(F)c1. The molecule has 5 nitrogen and oxygen atoms in total. The number of aromatic nitrogens is 1. The molecular formula is C21H18ClFN4O. The van der Waals surface area contributed by atoms with E-state index in [-0.39, 0.29) is 18.1 Å². The van der Waals surface area contributed by atoms with Crippen LogP contribution in [0.25, 0.3) is 0 Å². The summed E-state index contributed by atoms with van der Waals surface area (Å²) in [5.74, 6) is -0.755. The minimum absolute atomic E-state index is 0.190. The molecule has 2 N–H and O–H groups in total. The van der Waals surface area contributed by atoms with E-state index in [9.17, 15) is 9.18 Å². The molecule has 3 rings (SSSR count). The molecule has 0 spiro atoms. The lowest BCUT2D eigenvalue weighted by Gasteiger charge is -2.14. The summed E-state index contributed by atoms with van der Waals surface area (Å²) in [6, 6.07) is 16.3. The largest absolute Gasteiger partial charge is 0.326 e. The maximum Gasteiger partial charge on any atom is 0.258 e. The zero-order valence-corrected chi connectivity index (χ0v) is 15.9. The van der Waals surface area contributed by atoms with Crippen LogP contribution in [0.4, 0.5) is 10.1 Å². The standard InChI is InChI=1S/C21H18ClFN4O/c1-14-18(22)9-5-10-19(14)26-21(25-13-17-8-2-3-11-24-17)27-20(28)15-6-4-7-16(23)12-15/h2-12H,13H2,1H3,(H2,25,26,27,28). The van der Waals surface area contributed by atoms with Gasteiger partial charge in [-0.1, -0.05) is 29.8 Å². The number of pyridine rings is 1. The second-order valence-electron chi connectivity index (χ2n) is 5.99. The molecule has 0 saturated carbocycles. The van der Waals surface area contributed by atoms with E-state index in [2.05, 4.69) is 20.6 Å². The van der Waals surface area contributed by atoms with Crippen molar-refractivity contribution in [1.82, 2.24) is 10.3 Å². The number of nitrogens with one attached hydrogen (secondary N) is 2. The molecule has 1 aromatic heterocycles. The molecular weight excluding hydrogens is 379 g/mol. The molecule has 1 amide bonds. The van der Waals surface area contributed by atoms with Crippen LogP contribution in [0.3, 0.4) is 0 Å². The number of carbonyl (C=O) groups is 1. The van der Waals surface area contributed by atoms with Crippen molar-refractivity contribution in [2.24, 2.45) is 4.99 Å². The molecule has 0 unspecified atom stereocenters. The maximum absolute atomic E-state index is 13.4. The molecule has 0 radical (unpaired) electrons. The Morgan fingerprint density at radius 2 is 1.96 bits per heavy atom. The number of aliphatic imine (C=N–C) groups is 1. The number of guanidine groups is 1. The van der Waals surface area contributed by atoms with Gasteiger partial charge in [0.15, 0.2) is 0 Å². The van der Waals surface area contributed by atoms with Gasteiger partial charge in [-0.15, -0.1) is 0 Å². The van der Waals surface area contributed by atoms with Gasteiger partial charge in [-0.3, -0.25) is 15.1 Å². The molecule has 0 fully saturated rings. The third-order valence-corrected chi connectivity index (χ3v) is 4.37. The van der Waals surface area contributed by atoms with Crippen LogP contribution in [0, 0.1) is 12.7 Å². The zero-order valence-electron chi connectivity index (χ0n) is 15.1. The van der Waals surface area contributed by atoms with Crippen LogP contribution in [0.5, 0.6) is 0 Å². The van der Waals surface area contributed by atoms with Gasteiger partial charge in [-0.25, -0.2) is 9.38 Å². The second-order valence-corrected chi connectivity index (χ2v) is 6.39. The number of hydrogen-bond donors (Lipinski definition) is 2. The summed E-state index contributed by atoms with van der Waals surface area (Å²) in [6.45, 7) is 2.11. The summed E-state index contributed by atoms with van der Waals surface area (Å²) in [6.07, 6.45) is 1.67. The number of hydrogen-bond acceptors (Lipinski definition) is 3. The maximum atomic E-state index is 13.4. The van der Waals surface area contributed by atoms with Crippen LogP contribution in [-0.4, -0.2) is 16.9 Å². The number of rotatable bonds is 4. The number of benzene rings is 2. The predicted molar refractivity (Wildman–Crippen MR) is 109 cm³/mol.